The van der Waals surface area contributed by atoms with Crippen molar-refractivity contribution in [2.75, 3.05) is 19.6 Å². The second-order valence-electron chi connectivity index (χ2n) is 6.60. The van der Waals surface area contributed by atoms with Crippen molar-refractivity contribution in [3.8, 4) is 0 Å². The van der Waals surface area contributed by atoms with Crippen LogP contribution in [0.25, 0.3) is 0 Å². The van der Waals surface area contributed by atoms with E-state index in [1.165, 1.54) is 16.7 Å². The van der Waals surface area contributed by atoms with Crippen molar-refractivity contribution in [1.29, 1.82) is 0 Å². The van der Waals surface area contributed by atoms with Crippen molar-refractivity contribution < 1.29 is 4.79 Å². The molecule has 1 atom stereocenters. The molecule has 0 bridgehead atoms. The standard InChI is InChI=1S/C19H25N3O/c1-14-5-6-16(10-15(14)2)12-22-9-7-17(13-22)11-21-19(23)18-4-3-8-20-18/h3-6,8,10,17,20H,7,9,11-13H2,1-2H3,(H,21,23)/t17-/m1/s1. The summed E-state index contributed by atoms with van der Waals surface area (Å²) in [5, 5.41) is 3.03. The Morgan fingerprint density at radius 1 is 1.30 bits per heavy atom. The molecule has 1 amide bonds. The second-order valence-corrected chi connectivity index (χ2v) is 6.60. The molecule has 1 aromatic carbocycles. The highest BCUT2D eigenvalue weighted by molar-refractivity contribution is 5.92. The number of hydrogen-bond donors (Lipinski definition) is 2. The Morgan fingerprint density at radius 3 is 2.91 bits per heavy atom. The van der Waals surface area contributed by atoms with Crippen molar-refractivity contribution in [3.05, 3.63) is 58.9 Å². The van der Waals surface area contributed by atoms with E-state index in [0.29, 0.717) is 11.6 Å². The zero-order chi connectivity index (χ0) is 16.2. The zero-order valence-electron chi connectivity index (χ0n) is 13.9. The van der Waals surface area contributed by atoms with Gasteiger partial charge >= 0.3 is 0 Å². The molecule has 1 aromatic heterocycles. The molecule has 2 heterocycles. The van der Waals surface area contributed by atoms with Crippen molar-refractivity contribution >= 4 is 5.91 Å². The molecule has 3 rings (SSSR count). The van der Waals surface area contributed by atoms with Gasteiger partial charge in [-0.25, -0.2) is 0 Å². The molecule has 2 N–H and O–H groups in total. The molecule has 0 aliphatic carbocycles. The third-order valence-corrected chi connectivity index (χ3v) is 4.74. The fourth-order valence-electron chi connectivity index (χ4n) is 3.19. The quantitative estimate of drug-likeness (QED) is 0.892. The van der Waals surface area contributed by atoms with Crippen molar-refractivity contribution in [1.82, 2.24) is 15.2 Å². The van der Waals surface area contributed by atoms with Gasteiger partial charge in [0.05, 0.1) is 0 Å². The highest BCUT2D eigenvalue weighted by atomic mass is 16.1. The van der Waals surface area contributed by atoms with E-state index in [-0.39, 0.29) is 5.91 Å². The average molecular weight is 311 g/mol. The third kappa shape index (κ3) is 4.02. The summed E-state index contributed by atoms with van der Waals surface area (Å²) in [6.45, 7) is 8.23. The van der Waals surface area contributed by atoms with Gasteiger partial charge in [-0.1, -0.05) is 18.2 Å². The van der Waals surface area contributed by atoms with Gasteiger partial charge in [0.2, 0.25) is 0 Å². The van der Waals surface area contributed by atoms with Gasteiger partial charge in [-0.15, -0.1) is 0 Å². The summed E-state index contributed by atoms with van der Waals surface area (Å²) in [6.07, 6.45) is 2.92. The van der Waals surface area contributed by atoms with E-state index in [9.17, 15) is 4.79 Å². The Hall–Kier alpha value is -2.07. The first-order valence-corrected chi connectivity index (χ1v) is 8.32. The fraction of sp³-hybridized carbons (Fsp3) is 0.421. The van der Waals surface area contributed by atoms with E-state index >= 15 is 0 Å². The number of likely N-dealkylation sites (tertiary alicyclic amines) is 1. The normalized spacial score (nSPS) is 18.3. The van der Waals surface area contributed by atoms with Gasteiger partial charge < -0.3 is 10.3 Å². The molecule has 4 heteroatoms. The van der Waals surface area contributed by atoms with E-state index in [1.807, 2.05) is 6.07 Å². The lowest BCUT2D eigenvalue weighted by molar-refractivity contribution is 0.0943. The Morgan fingerprint density at radius 2 is 2.17 bits per heavy atom. The molecule has 122 valence electrons. The molecule has 0 radical (unpaired) electrons. The number of rotatable bonds is 5. The predicted octanol–water partition coefficient (Wildman–Crippen LogP) is 2.88. The minimum atomic E-state index is -0.0115. The van der Waals surface area contributed by atoms with E-state index in [0.717, 1.165) is 32.6 Å². The van der Waals surface area contributed by atoms with Crippen LogP contribution in [-0.4, -0.2) is 35.4 Å². The molecule has 1 saturated heterocycles. The summed E-state index contributed by atoms with van der Waals surface area (Å²) in [4.78, 5) is 17.4. The Labute approximate surface area is 137 Å². The Kier molecular flexibility index (Phi) is 4.82. The van der Waals surface area contributed by atoms with Gasteiger partial charge in [0.1, 0.15) is 5.69 Å². The largest absolute Gasteiger partial charge is 0.357 e. The maximum atomic E-state index is 11.9. The molecule has 23 heavy (non-hydrogen) atoms. The summed E-state index contributed by atoms with van der Waals surface area (Å²) >= 11 is 0. The lowest BCUT2D eigenvalue weighted by Gasteiger charge is -2.17. The summed E-state index contributed by atoms with van der Waals surface area (Å²) in [6, 6.07) is 10.4. The molecule has 1 aliphatic rings. The third-order valence-electron chi connectivity index (χ3n) is 4.74. The van der Waals surface area contributed by atoms with Crippen molar-refractivity contribution in [2.24, 2.45) is 5.92 Å². The lowest BCUT2D eigenvalue weighted by atomic mass is 10.1. The molecule has 1 fully saturated rings. The van der Waals surface area contributed by atoms with Crippen LogP contribution in [0.4, 0.5) is 0 Å². The number of carbonyl (C=O) groups excluding carboxylic acids is 1. The van der Waals surface area contributed by atoms with Crippen molar-refractivity contribution in [2.45, 2.75) is 26.8 Å². The van der Waals surface area contributed by atoms with Crippen LogP contribution in [0.2, 0.25) is 0 Å². The first kappa shape index (κ1) is 15.8. The molecule has 4 nitrogen and oxygen atoms in total. The second kappa shape index (κ2) is 7.01. The Balaban J connectivity index is 1.46. The van der Waals surface area contributed by atoms with Gasteiger partial charge in [0.15, 0.2) is 0 Å². The smallest absolute Gasteiger partial charge is 0.267 e. The molecule has 1 aliphatic heterocycles. The van der Waals surface area contributed by atoms with Crippen LogP contribution in [0.5, 0.6) is 0 Å². The van der Waals surface area contributed by atoms with E-state index in [2.05, 4.69) is 47.2 Å². The lowest BCUT2D eigenvalue weighted by Crippen LogP contribution is -2.31. The van der Waals surface area contributed by atoms with E-state index in [4.69, 9.17) is 0 Å². The Bertz CT molecular complexity index is 663. The fourth-order valence-corrected chi connectivity index (χ4v) is 3.19. The number of benzene rings is 1. The number of aromatic nitrogens is 1. The minimum absolute atomic E-state index is 0.0115. The van der Waals surface area contributed by atoms with E-state index in [1.54, 1.807) is 12.3 Å². The monoisotopic (exact) mass is 311 g/mol. The van der Waals surface area contributed by atoms with Gasteiger partial charge in [-0.05, 0) is 61.6 Å². The van der Waals surface area contributed by atoms with Gasteiger partial charge in [-0.2, -0.15) is 0 Å². The highest BCUT2D eigenvalue weighted by Crippen LogP contribution is 2.19. The number of nitrogens with zero attached hydrogens (tertiary/aromatic N) is 1. The number of carbonyl (C=O) groups is 1. The van der Waals surface area contributed by atoms with Gasteiger partial charge in [-0.3, -0.25) is 9.69 Å². The van der Waals surface area contributed by atoms with Gasteiger partial charge in [0, 0.05) is 25.8 Å². The SMILES string of the molecule is Cc1ccc(CN2CC[C@H](CNC(=O)c3ccc[nH]3)C2)cc1C. The maximum Gasteiger partial charge on any atom is 0.267 e. The molecule has 0 saturated carbocycles. The first-order chi connectivity index (χ1) is 11.1. The predicted molar refractivity (Wildman–Crippen MR) is 92.4 cm³/mol. The van der Waals surface area contributed by atoms with Crippen LogP contribution in [-0.2, 0) is 6.54 Å². The molecular weight excluding hydrogens is 286 g/mol. The number of aromatic amines is 1. The molecular formula is C19H25N3O. The van der Waals surface area contributed by atoms with Crippen LogP contribution in [0.1, 0.15) is 33.6 Å². The minimum Gasteiger partial charge on any atom is -0.357 e. The van der Waals surface area contributed by atoms with Gasteiger partial charge in [0.25, 0.3) is 5.91 Å². The summed E-state index contributed by atoms with van der Waals surface area (Å²) in [7, 11) is 0. The number of H-pyrrole nitrogens is 1. The first-order valence-electron chi connectivity index (χ1n) is 8.32. The number of aryl methyl sites for hydroxylation is 2. The molecule has 2 aromatic rings. The van der Waals surface area contributed by atoms with Crippen molar-refractivity contribution in [3.63, 3.8) is 0 Å². The molecule has 0 unspecified atom stereocenters. The highest BCUT2D eigenvalue weighted by Gasteiger charge is 2.23. The number of amides is 1. The zero-order valence-corrected chi connectivity index (χ0v) is 13.9. The topological polar surface area (TPSA) is 48.1 Å². The average Bonchev–Trinajstić information content (AvgIpc) is 3.20. The summed E-state index contributed by atoms with van der Waals surface area (Å²) in [5.41, 5.74) is 4.72. The van der Waals surface area contributed by atoms with Crippen LogP contribution < -0.4 is 5.32 Å². The van der Waals surface area contributed by atoms with Crippen LogP contribution in [0.3, 0.4) is 0 Å². The maximum absolute atomic E-state index is 11.9. The number of hydrogen-bond acceptors (Lipinski definition) is 2. The van der Waals surface area contributed by atoms with Crippen LogP contribution in [0, 0.1) is 19.8 Å². The van der Waals surface area contributed by atoms with E-state index < -0.39 is 0 Å². The number of nitrogens with one attached hydrogen (secondary N) is 2. The molecule has 0 spiro atoms. The van der Waals surface area contributed by atoms with Crippen LogP contribution >= 0.6 is 0 Å². The van der Waals surface area contributed by atoms with Crippen LogP contribution in [0.15, 0.2) is 36.5 Å². The summed E-state index contributed by atoms with van der Waals surface area (Å²) < 4.78 is 0. The summed E-state index contributed by atoms with van der Waals surface area (Å²) in [5.74, 6) is 0.531.